The summed E-state index contributed by atoms with van der Waals surface area (Å²) in [7, 11) is 0. The van der Waals surface area contributed by atoms with Crippen LogP contribution in [0.15, 0.2) is 0 Å². The molecule has 0 spiro atoms. The number of nitrogens with one attached hydrogen (secondary N) is 1. The van der Waals surface area contributed by atoms with Gasteiger partial charge in [-0.05, 0) is 19.3 Å². The largest absolute Gasteiger partial charge is 0.480 e. The highest BCUT2D eigenvalue weighted by Crippen LogP contribution is 2.27. The van der Waals surface area contributed by atoms with E-state index in [0.717, 1.165) is 25.7 Å². The maximum absolute atomic E-state index is 11.8. The van der Waals surface area contributed by atoms with Crippen LogP contribution >= 0.6 is 0 Å². The van der Waals surface area contributed by atoms with E-state index in [-0.39, 0.29) is 5.91 Å². The molecule has 0 saturated heterocycles. The fourth-order valence-electron chi connectivity index (χ4n) is 2.24. The summed E-state index contributed by atoms with van der Waals surface area (Å²) in [5.41, 5.74) is 4.53. The van der Waals surface area contributed by atoms with Crippen LogP contribution in [0.1, 0.15) is 51.9 Å². The van der Waals surface area contributed by atoms with Crippen molar-refractivity contribution in [3.8, 4) is 0 Å². The molecule has 0 aromatic carbocycles. The van der Waals surface area contributed by atoms with Gasteiger partial charge in [0.15, 0.2) is 0 Å². The second-order valence-corrected chi connectivity index (χ2v) is 4.81. The summed E-state index contributed by atoms with van der Waals surface area (Å²) in [6.45, 7) is 1.81. The third-order valence-corrected chi connectivity index (χ3v) is 3.51. The van der Waals surface area contributed by atoms with E-state index in [2.05, 4.69) is 5.32 Å². The van der Waals surface area contributed by atoms with E-state index >= 15 is 0 Å². The van der Waals surface area contributed by atoms with Crippen LogP contribution in [0.4, 0.5) is 0 Å². The first-order valence-corrected chi connectivity index (χ1v) is 6.33. The smallest absolute Gasteiger partial charge is 0.329 e. The van der Waals surface area contributed by atoms with Crippen molar-refractivity contribution in [1.82, 2.24) is 5.32 Å². The summed E-state index contributed by atoms with van der Waals surface area (Å²) in [6, 6.07) is -0.616. The highest BCUT2D eigenvalue weighted by Gasteiger charge is 2.40. The predicted molar refractivity (Wildman–Crippen MR) is 64.5 cm³/mol. The lowest BCUT2D eigenvalue weighted by Crippen LogP contribution is -2.57. The van der Waals surface area contributed by atoms with Gasteiger partial charge < -0.3 is 16.2 Å². The molecule has 0 heterocycles. The SMILES string of the molecule is CC[C@@H](N)C(=O)NC1(C(=O)O)CCCCCC1. The van der Waals surface area contributed by atoms with Gasteiger partial charge in [0.2, 0.25) is 5.91 Å². The monoisotopic (exact) mass is 242 g/mol. The normalized spacial score (nSPS) is 21.3. The van der Waals surface area contributed by atoms with Crippen molar-refractivity contribution >= 4 is 11.9 Å². The first-order chi connectivity index (χ1) is 8.02. The Morgan fingerprint density at radius 3 is 2.24 bits per heavy atom. The second-order valence-electron chi connectivity index (χ2n) is 4.81. The van der Waals surface area contributed by atoms with Gasteiger partial charge in [0.05, 0.1) is 6.04 Å². The Hall–Kier alpha value is -1.10. The van der Waals surface area contributed by atoms with Gasteiger partial charge in [-0.15, -0.1) is 0 Å². The molecule has 0 bridgehead atoms. The highest BCUT2D eigenvalue weighted by molar-refractivity contribution is 5.89. The van der Waals surface area contributed by atoms with Crippen molar-refractivity contribution in [3.05, 3.63) is 0 Å². The molecule has 1 fully saturated rings. The van der Waals surface area contributed by atoms with Crippen LogP contribution in [-0.2, 0) is 9.59 Å². The Kier molecular flexibility index (Phi) is 4.93. The number of hydrogen-bond acceptors (Lipinski definition) is 3. The number of carboxylic acid groups (broad SMARTS) is 1. The number of nitrogens with two attached hydrogens (primary N) is 1. The lowest BCUT2D eigenvalue weighted by Gasteiger charge is -2.30. The van der Waals surface area contributed by atoms with E-state index in [1.54, 1.807) is 0 Å². The second kappa shape index (κ2) is 6.00. The number of carbonyl (C=O) groups excluding carboxylic acids is 1. The molecular weight excluding hydrogens is 220 g/mol. The van der Waals surface area contributed by atoms with Crippen LogP contribution in [0, 0.1) is 0 Å². The van der Waals surface area contributed by atoms with E-state index in [0.29, 0.717) is 19.3 Å². The van der Waals surface area contributed by atoms with Gasteiger partial charge in [0.25, 0.3) is 0 Å². The third-order valence-electron chi connectivity index (χ3n) is 3.51. The van der Waals surface area contributed by atoms with Crippen LogP contribution < -0.4 is 11.1 Å². The Bertz CT molecular complexity index is 283. The Balaban J connectivity index is 2.77. The molecule has 17 heavy (non-hydrogen) atoms. The van der Waals surface area contributed by atoms with Gasteiger partial charge in [0.1, 0.15) is 5.54 Å². The van der Waals surface area contributed by atoms with E-state index in [1.807, 2.05) is 6.92 Å². The molecule has 1 saturated carbocycles. The van der Waals surface area contributed by atoms with Gasteiger partial charge in [-0.2, -0.15) is 0 Å². The van der Waals surface area contributed by atoms with Crippen molar-refractivity contribution in [1.29, 1.82) is 0 Å². The van der Waals surface area contributed by atoms with E-state index in [4.69, 9.17) is 5.73 Å². The minimum Gasteiger partial charge on any atom is -0.480 e. The molecule has 1 aliphatic rings. The molecule has 1 aliphatic carbocycles. The van der Waals surface area contributed by atoms with Gasteiger partial charge in [-0.25, -0.2) is 4.79 Å². The van der Waals surface area contributed by atoms with E-state index in [1.165, 1.54) is 0 Å². The Morgan fingerprint density at radius 1 is 1.29 bits per heavy atom. The highest BCUT2D eigenvalue weighted by atomic mass is 16.4. The molecule has 0 aromatic heterocycles. The van der Waals surface area contributed by atoms with Crippen LogP contribution in [0.25, 0.3) is 0 Å². The number of rotatable bonds is 4. The molecule has 1 rings (SSSR count). The summed E-state index contributed by atoms with van der Waals surface area (Å²) in [4.78, 5) is 23.2. The average Bonchev–Trinajstić information content (AvgIpc) is 2.54. The minimum absolute atomic E-state index is 0.350. The molecule has 4 N–H and O–H groups in total. The summed E-state index contributed by atoms with van der Waals surface area (Å²) in [5, 5.41) is 12.0. The standard InChI is InChI=1S/C12H22N2O3/c1-2-9(13)10(15)14-12(11(16)17)7-5-3-4-6-8-12/h9H,2-8,13H2,1H3,(H,14,15)(H,16,17)/t9-/m1/s1. The predicted octanol–water partition coefficient (Wildman–Crippen LogP) is 1.02. The maximum Gasteiger partial charge on any atom is 0.329 e. The number of hydrogen-bond donors (Lipinski definition) is 3. The summed E-state index contributed by atoms with van der Waals surface area (Å²) >= 11 is 0. The van der Waals surface area contributed by atoms with Gasteiger partial charge in [0, 0.05) is 0 Å². The Labute approximate surface area is 102 Å². The van der Waals surface area contributed by atoms with Crippen LogP contribution in [0.2, 0.25) is 0 Å². The van der Waals surface area contributed by atoms with E-state index in [9.17, 15) is 14.7 Å². The molecule has 0 aromatic rings. The topological polar surface area (TPSA) is 92.4 Å². The lowest BCUT2D eigenvalue weighted by atomic mass is 9.89. The summed E-state index contributed by atoms with van der Waals surface area (Å²) < 4.78 is 0. The number of carboxylic acids is 1. The third kappa shape index (κ3) is 3.43. The van der Waals surface area contributed by atoms with Crippen molar-refractivity contribution in [3.63, 3.8) is 0 Å². The zero-order chi connectivity index (χ0) is 12.9. The quantitative estimate of drug-likeness (QED) is 0.642. The van der Waals surface area contributed by atoms with Crippen LogP contribution in [0.5, 0.6) is 0 Å². The molecule has 0 unspecified atom stereocenters. The summed E-state index contributed by atoms with van der Waals surface area (Å²) in [5.74, 6) is -1.28. The molecule has 1 atom stereocenters. The van der Waals surface area contributed by atoms with E-state index < -0.39 is 17.6 Å². The maximum atomic E-state index is 11.8. The molecule has 5 heteroatoms. The van der Waals surface area contributed by atoms with Crippen molar-refractivity contribution in [2.45, 2.75) is 63.5 Å². The van der Waals surface area contributed by atoms with Gasteiger partial charge in [-0.3, -0.25) is 4.79 Å². The van der Waals surface area contributed by atoms with Crippen LogP contribution in [-0.4, -0.2) is 28.6 Å². The van der Waals surface area contributed by atoms with Gasteiger partial charge in [-0.1, -0.05) is 32.6 Å². The molecule has 0 radical (unpaired) electrons. The number of carbonyl (C=O) groups is 2. The number of aliphatic carboxylic acids is 1. The molecule has 5 nitrogen and oxygen atoms in total. The average molecular weight is 242 g/mol. The lowest BCUT2D eigenvalue weighted by molar-refractivity contribution is -0.148. The van der Waals surface area contributed by atoms with Crippen molar-refractivity contribution in [2.75, 3.05) is 0 Å². The fourth-order valence-corrected chi connectivity index (χ4v) is 2.24. The summed E-state index contributed by atoms with van der Waals surface area (Å²) in [6.07, 6.45) is 5.27. The zero-order valence-corrected chi connectivity index (χ0v) is 10.4. The number of amides is 1. The minimum atomic E-state index is -1.10. The first kappa shape index (κ1) is 14.0. The zero-order valence-electron chi connectivity index (χ0n) is 10.4. The Morgan fingerprint density at radius 2 is 1.82 bits per heavy atom. The molecular formula is C12H22N2O3. The fraction of sp³-hybridized carbons (Fsp3) is 0.833. The first-order valence-electron chi connectivity index (χ1n) is 6.33. The molecule has 1 amide bonds. The molecule has 0 aliphatic heterocycles. The van der Waals surface area contributed by atoms with Crippen LogP contribution in [0.3, 0.4) is 0 Å². The van der Waals surface area contributed by atoms with Crippen molar-refractivity contribution < 1.29 is 14.7 Å². The molecule has 98 valence electrons. The van der Waals surface area contributed by atoms with Crippen molar-refractivity contribution in [2.24, 2.45) is 5.73 Å². The van der Waals surface area contributed by atoms with Gasteiger partial charge >= 0.3 is 5.97 Å².